The molecule has 0 saturated heterocycles. The molecule has 2 heteroatoms. The van der Waals surface area contributed by atoms with Crippen molar-refractivity contribution in [3.63, 3.8) is 0 Å². The van der Waals surface area contributed by atoms with Gasteiger partial charge in [0.25, 0.3) is 0 Å². The zero-order valence-corrected chi connectivity index (χ0v) is 16.1. The molecule has 3 rings (SSSR count). The maximum Gasteiger partial charge on any atom is 0.0940 e. The van der Waals surface area contributed by atoms with Crippen LogP contribution in [0.5, 0.6) is 0 Å². The SMILES string of the molecule is CN(C)CC1CCCC/C(=C/c2ccccc2)C1(O)Cc1ccccc1. The van der Waals surface area contributed by atoms with Gasteiger partial charge in [0, 0.05) is 18.9 Å². The topological polar surface area (TPSA) is 23.5 Å². The Morgan fingerprint density at radius 3 is 2.31 bits per heavy atom. The molecular weight excluding hydrogens is 318 g/mol. The minimum Gasteiger partial charge on any atom is -0.385 e. The van der Waals surface area contributed by atoms with Gasteiger partial charge in [-0.05, 0) is 50.1 Å². The summed E-state index contributed by atoms with van der Waals surface area (Å²) >= 11 is 0. The predicted octanol–water partition coefficient (Wildman–Crippen LogP) is 4.80. The Morgan fingerprint density at radius 1 is 1.00 bits per heavy atom. The van der Waals surface area contributed by atoms with Gasteiger partial charge in [-0.1, -0.05) is 73.2 Å². The second-order valence-corrected chi connectivity index (χ2v) is 7.87. The summed E-state index contributed by atoms with van der Waals surface area (Å²) in [5.41, 5.74) is 2.79. The lowest BCUT2D eigenvalue weighted by atomic mass is 9.75. The quantitative estimate of drug-likeness (QED) is 0.784. The molecular formula is C24H31NO. The second-order valence-electron chi connectivity index (χ2n) is 7.87. The summed E-state index contributed by atoms with van der Waals surface area (Å²) in [6, 6.07) is 20.9. The van der Waals surface area contributed by atoms with Crippen molar-refractivity contribution in [3.05, 3.63) is 77.4 Å². The van der Waals surface area contributed by atoms with Crippen LogP contribution >= 0.6 is 0 Å². The maximum atomic E-state index is 12.0. The first-order chi connectivity index (χ1) is 12.6. The van der Waals surface area contributed by atoms with Crippen molar-refractivity contribution in [1.82, 2.24) is 4.90 Å². The van der Waals surface area contributed by atoms with E-state index >= 15 is 0 Å². The highest BCUT2D eigenvalue weighted by Gasteiger charge is 2.41. The van der Waals surface area contributed by atoms with E-state index in [1.165, 1.54) is 23.1 Å². The Morgan fingerprint density at radius 2 is 1.65 bits per heavy atom. The molecule has 0 radical (unpaired) electrons. The molecule has 0 bridgehead atoms. The van der Waals surface area contributed by atoms with Crippen molar-refractivity contribution in [2.75, 3.05) is 20.6 Å². The molecule has 0 heterocycles. The lowest BCUT2D eigenvalue weighted by Crippen LogP contribution is -2.45. The van der Waals surface area contributed by atoms with Gasteiger partial charge in [0.1, 0.15) is 0 Å². The number of aliphatic hydroxyl groups is 1. The van der Waals surface area contributed by atoms with Crippen LogP contribution in [0.25, 0.3) is 6.08 Å². The minimum atomic E-state index is -0.794. The van der Waals surface area contributed by atoms with Gasteiger partial charge in [-0.3, -0.25) is 0 Å². The highest BCUT2D eigenvalue weighted by molar-refractivity contribution is 5.55. The third-order valence-electron chi connectivity index (χ3n) is 5.52. The standard InChI is InChI=1S/C24H31NO/c1-25(2)19-23-16-10-9-15-22(17-20-11-5-3-6-12-20)24(23,26)18-21-13-7-4-8-14-21/h3-8,11-14,17,23,26H,9-10,15-16,18-19H2,1-2H3/b22-17-. The summed E-state index contributed by atoms with van der Waals surface area (Å²) in [5.74, 6) is 0.246. The van der Waals surface area contributed by atoms with Crippen molar-refractivity contribution in [2.24, 2.45) is 5.92 Å². The molecule has 2 aromatic rings. The van der Waals surface area contributed by atoms with E-state index < -0.39 is 5.60 Å². The van der Waals surface area contributed by atoms with Crippen LogP contribution in [0.4, 0.5) is 0 Å². The summed E-state index contributed by atoms with van der Waals surface area (Å²) in [7, 11) is 4.21. The molecule has 2 nitrogen and oxygen atoms in total. The smallest absolute Gasteiger partial charge is 0.0940 e. The molecule has 2 aromatic carbocycles. The molecule has 0 amide bonds. The highest BCUT2D eigenvalue weighted by atomic mass is 16.3. The average molecular weight is 350 g/mol. The van der Waals surface area contributed by atoms with Gasteiger partial charge in [0.05, 0.1) is 5.60 Å². The maximum absolute atomic E-state index is 12.0. The van der Waals surface area contributed by atoms with Crippen molar-refractivity contribution >= 4 is 6.08 Å². The van der Waals surface area contributed by atoms with Gasteiger partial charge < -0.3 is 10.0 Å². The molecule has 0 aliphatic heterocycles. The first kappa shape index (κ1) is 18.9. The largest absolute Gasteiger partial charge is 0.385 e. The molecule has 1 aliphatic carbocycles. The van der Waals surface area contributed by atoms with E-state index in [0.717, 1.165) is 25.8 Å². The number of hydrogen-bond donors (Lipinski definition) is 1. The Hall–Kier alpha value is -1.90. The Labute approximate surface area is 158 Å². The molecule has 138 valence electrons. The fourth-order valence-electron chi connectivity index (χ4n) is 4.22. The molecule has 0 spiro atoms. The third kappa shape index (κ3) is 4.63. The van der Waals surface area contributed by atoms with Gasteiger partial charge >= 0.3 is 0 Å². The minimum absolute atomic E-state index is 0.246. The van der Waals surface area contributed by atoms with E-state index in [4.69, 9.17) is 0 Å². The Bertz CT molecular complexity index is 708. The van der Waals surface area contributed by atoms with Crippen LogP contribution < -0.4 is 0 Å². The lowest BCUT2D eigenvalue weighted by Gasteiger charge is -2.39. The lowest BCUT2D eigenvalue weighted by molar-refractivity contribution is 0.00517. The Kier molecular flexibility index (Phi) is 6.29. The first-order valence-electron chi connectivity index (χ1n) is 9.75. The summed E-state index contributed by atoms with van der Waals surface area (Å²) in [5, 5.41) is 12.0. The van der Waals surface area contributed by atoms with Crippen LogP contribution in [0.15, 0.2) is 66.2 Å². The summed E-state index contributed by atoms with van der Waals surface area (Å²) in [6.45, 7) is 0.912. The Balaban J connectivity index is 2.01. The molecule has 2 unspecified atom stereocenters. The zero-order chi connectivity index (χ0) is 18.4. The van der Waals surface area contributed by atoms with Crippen LogP contribution in [-0.4, -0.2) is 36.2 Å². The molecule has 1 N–H and O–H groups in total. The van der Waals surface area contributed by atoms with Crippen LogP contribution in [0.3, 0.4) is 0 Å². The molecule has 1 saturated carbocycles. The van der Waals surface area contributed by atoms with Gasteiger partial charge in [0.15, 0.2) is 0 Å². The molecule has 1 aliphatic rings. The monoisotopic (exact) mass is 349 g/mol. The molecule has 0 aromatic heterocycles. The van der Waals surface area contributed by atoms with Crippen LogP contribution in [0.1, 0.15) is 36.8 Å². The third-order valence-corrected chi connectivity index (χ3v) is 5.52. The van der Waals surface area contributed by atoms with E-state index in [1.807, 2.05) is 12.1 Å². The van der Waals surface area contributed by atoms with Gasteiger partial charge in [0.2, 0.25) is 0 Å². The number of hydrogen-bond acceptors (Lipinski definition) is 2. The fourth-order valence-corrected chi connectivity index (χ4v) is 4.22. The summed E-state index contributed by atoms with van der Waals surface area (Å²) in [4.78, 5) is 2.21. The van der Waals surface area contributed by atoms with Crippen LogP contribution in [0, 0.1) is 5.92 Å². The fraction of sp³-hybridized carbons (Fsp3) is 0.417. The molecule has 26 heavy (non-hydrogen) atoms. The average Bonchev–Trinajstić information content (AvgIpc) is 2.77. The van der Waals surface area contributed by atoms with Crippen molar-refractivity contribution in [2.45, 2.75) is 37.7 Å². The highest BCUT2D eigenvalue weighted by Crippen LogP contribution is 2.40. The van der Waals surface area contributed by atoms with Gasteiger partial charge in [-0.25, -0.2) is 0 Å². The van der Waals surface area contributed by atoms with Crippen LogP contribution in [-0.2, 0) is 6.42 Å². The second kappa shape index (κ2) is 8.66. The van der Waals surface area contributed by atoms with Gasteiger partial charge in [-0.2, -0.15) is 0 Å². The predicted molar refractivity (Wildman–Crippen MR) is 110 cm³/mol. The van der Waals surface area contributed by atoms with Crippen molar-refractivity contribution < 1.29 is 5.11 Å². The molecule has 2 atom stereocenters. The van der Waals surface area contributed by atoms with Crippen molar-refractivity contribution in [1.29, 1.82) is 0 Å². The van der Waals surface area contributed by atoms with E-state index in [-0.39, 0.29) is 5.92 Å². The van der Waals surface area contributed by atoms with E-state index in [9.17, 15) is 5.11 Å². The van der Waals surface area contributed by atoms with E-state index in [0.29, 0.717) is 6.42 Å². The number of rotatable bonds is 5. The number of nitrogens with zero attached hydrogens (tertiary/aromatic N) is 1. The summed E-state index contributed by atoms with van der Waals surface area (Å²) < 4.78 is 0. The first-order valence-corrected chi connectivity index (χ1v) is 9.75. The number of benzene rings is 2. The van der Waals surface area contributed by atoms with Gasteiger partial charge in [-0.15, -0.1) is 0 Å². The van der Waals surface area contributed by atoms with Crippen LogP contribution in [0.2, 0.25) is 0 Å². The normalized spacial score (nSPS) is 25.4. The zero-order valence-electron chi connectivity index (χ0n) is 16.1. The summed E-state index contributed by atoms with van der Waals surface area (Å²) in [6.07, 6.45) is 7.30. The van der Waals surface area contributed by atoms with E-state index in [2.05, 4.69) is 73.6 Å². The van der Waals surface area contributed by atoms with E-state index in [1.54, 1.807) is 0 Å². The molecule has 1 fully saturated rings. The van der Waals surface area contributed by atoms with Crippen molar-refractivity contribution in [3.8, 4) is 0 Å².